The third-order valence-electron chi connectivity index (χ3n) is 3.59. The Kier molecular flexibility index (Phi) is 3.97. The van der Waals surface area contributed by atoms with Crippen LogP contribution in [0.2, 0.25) is 0 Å². The Labute approximate surface area is 130 Å². The number of halogens is 3. The normalized spacial score (nSPS) is 18.8. The van der Waals surface area contributed by atoms with Crippen LogP contribution in [0, 0.1) is 6.92 Å². The molecule has 0 N–H and O–H groups in total. The topological polar surface area (TPSA) is 55.5 Å². The minimum absolute atomic E-state index is 0.0159. The Morgan fingerprint density at radius 1 is 1.43 bits per heavy atom. The molecule has 1 unspecified atom stereocenters. The van der Waals surface area contributed by atoms with E-state index in [-0.39, 0.29) is 11.9 Å². The summed E-state index contributed by atoms with van der Waals surface area (Å²) in [5, 5.41) is 3.58. The summed E-state index contributed by atoms with van der Waals surface area (Å²) < 4.78 is 45.2. The van der Waals surface area contributed by atoms with E-state index in [4.69, 9.17) is 4.74 Å². The second kappa shape index (κ2) is 5.80. The molecule has 23 heavy (non-hydrogen) atoms. The molecular formula is C14H16F3N5O. The minimum atomic E-state index is -4.60. The van der Waals surface area contributed by atoms with Crippen molar-refractivity contribution in [1.29, 1.82) is 0 Å². The van der Waals surface area contributed by atoms with Crippen LogP contribution >= 0.6 is 0 Å². The van der Waals surface area contributed by atoms with E-state index in [2.05, 4.69) is 21.6 Å². The van der Waals surface area contributed by atoms with Gasteiger partial charge in [0.05, 0.1) is 12.7 Å². The standard InChI is InChI=1S/C14H16F3N5O/c1-3-6-23-10-4-5-21(8-10)11-7-9(2)18-13-19-12(14(15,16)17)20-22(11)13/h3,7,10H,1,4-6,8H2,2H3. The first-order valence-corrected chi connectivity index (χ1v) is 7.17. The predicted octanol–water partition coefficient (Wildman–Crippen LogP) is 2.23. The lowest BCUT2D eigenvalue weighted by atomic mass is 10.3. The van der Waals surface area contributed by atoms with E-state index in [1.807, 2.05) is 4.90 Å². The molecule has 0 saturated carbocycles. The largest absolute Gasteiger partial charge is 0.453 e. The summed E-state index contributed by atoms with van der Waals surface area (Å²) in [5.74, 6) is -0.696. The van der Waals surface area contributed by atoms with Gasteiger partial charge in [-0.1, -0.05) is 6.08 Å². The maximum atomic E-state index is 12.8. The second-order valence-electron chi connectivity index (χ2n) is 5.38. The molecule has 1 aliphatic rings. The van der Waals surface area contributed by atoms with Crippen LogP contribution in [0.1, 0.15) is 17.9 Å². The highest BCUT2D eigenvalue weighted by Crippen LogP contribution is 2.28. The van der Waals surface area contributed by atoms with Gasteiger partial charge in [-0.05, 0) is 13.3 Å². The van der Waals surface area contributed by atoms with Crippen molar-refractivity contribution in [2.45, 2.75) is 25.6 Å². The molecule has 1 atom stereocenters. The van der Waals surface area contributed by atoms with E-state index < -0.39 is 12.0 Å². The quantitative estimate of drug-likeness (QED) is 0.806. The average Bonchev–Trinajstić information content (AvgIpc) is 3.10. The lowest BCUT2D eigenvalue weighted by Crippen LogP contribution is -2.25. The summed E-state index contributed by atoms with van der Waals surface area (Å²) in [7, 11) is 0. The molecule has 0 aliphatic carbocycles. The highest BCUT2D eigenvalue weighted by molar-refractivity contribution is 5.48. The zero-order valence-corrected chi connectivity index (χ0v) is 12.5. The Hall–Kier alpha value is -2.16. The molecule has 0 aromatic carbocycles. The van der Waals surface area contributed by atoms with Crippen LogP contribution in [0.15, 0.2) is 18.7 Å². The predicted molar refractivity (Wildman–Crippen MR) is 77.3 cm³/mol. The molecule has 9 heteroatoms. The van der Waals surface area contributed by atoms with Gasteiger partial charge in [0, 0.05) is 24.8 Å². The lowest BCUT2D eigenvalue weighted by Gasteiger charge is -2.19. The molecule has 0 amide bonds. The highest BCUT2D eigenvalue weighted by Gasteiger charge is 2.37. The Morgan fingerprint density at radius 2 is 2.22 bits per heavy atom. The smallest absolute Gasteiger partial charge is 0.372 e. The van der Waals surface area contributed by atoms with Crippen molar-refractivity contribution in [2.24, 2.45) is 0 Å². The Balaban J connectivity index is 1.94. The molecule has 0 radical (unpaired) electrons. The summed E-state index contributed by atoms with van der Waals surface area (Å²) in [6.07, 6.45) is -2.12. The SMILES string of the molecule is C=CCOC1CCN(c2cc(C)nc3nc(C(F)(F)F)nn23)C1. The van der Waals surface area contributed by atoms with E-state index in [0.717, 1.165) is 10.9 Å². The monoisotopic (exact) mass is 327 g/mol. The van der Waals surface area contributed by atoms with Gasteiger partial charge in [-0.2, -0.15) is 22.7 Å². The van der Waals surface area contributed by atoms with Crippen LogP contribution in [0.5, 0.6) is 0 Å². The second-order valence-corrected chi connectivity index (χ2v) is 5.38. The fourth-order valence-electron chi connectivity index (χ4n) is 2.59. The summed E-state index contributed by atoms with van der Waals surface area (Å²) in [4.78, 5) is 9.45. The fraction of sp³-hybridized carbons (Fsp3) is 0.500. The number of hydrogen-bond donors (Lipinski definition) is 0. The molecule has 0 bridgehead atoms. The number of anilines is 1. The van der Waals surface area contributed by atoms with E-state index in [9.17, 15) is 13.2 Å². The first-order valence-electron chi connectivity index (χ1n) is 7.17. The third-order valence-corrected chi connectivity index (χ3v) is 3.59. The van der Waals surface area contributed by atoms with E-state index in [0.29, 0.717) is 31.2 Å². The Bertz CT molecular complexity index is 727. The molecule has 0 spiro atoms. The molecule has 1 saturated heterocycles. The first-order chi connectivity index (χ1) is 10.9. The van der Waals surface area contributed by atoms with Crippen LogP contribution in [-0.4, -0.2) is 45.4 Å². The van der Waals surface area contributed by atoms with Crippen LogP contribution in [-0.2, 0) is 10.9 Å². The lowest BCUT2D eigenvalue weighted by molar-refractivity contribution is -0.144. The molecule has 3 heterocycles. The third kappa shape index (κ3) is 3.14. The number of ether oxygens (including phenoxy) is 1. The molecule has 3 rings (SSSR count). The maximum absolute atomic E-state index is 12.8. The number of alkyl halides is 3. The summed E-state index contributed by atoms with van der Waals surface area (Å²) in [6, 6.07) is 1.71. The van der Waals surface area contributed by atoms with E-state index in [1.54, 1.807) is 19.1 Å². The van der Waals surface area contributed by atoms with Gasteiger partial charge in [0.25, 0.3) is 11.6 Å². The van der Waals surface area contributed by atoms with Gasteiger partial charge >= 0.3 is 6.18 Å². The fourth-order valence-corrected chi connectivity index (χ4v) is 2.59. The zero-order valence-electron chi connectivity index (χ0n) is 12.5. The van der Waals surface area contributed by atoms with Gasteiger partial charge < -0.3 is 9.64 Å². The van der Waals surface area contributed by atoms with Gasteiger partial charge in [-0.3, -0.25) is 0 Å². The number of aryl methyl sites for hydroxylation is 1. The van der Waals surface area contributed by atoms with Crippen molar-refractivity contribution < 1.29 is 17.9 Å². The number of nitrogens with zero attached hydrogens (tertiary/aromatic N) is 5. The van der Waals surface area contributed by atoms with Crippen LogP contribution < -0.4 is 4.90 Å². The van der Waals surface area contributed by atoms with Crippen molar-refractivity contribution >= 4 is 11.6 Å². The summed E-state index contributed by atoms with van der Waals surface area (Å²) in [6.45, 7) is 7.01. The first kappa shape index (κ1) is 15.7. The minimum Gasteiger partial charge on any atom is -0.372 e. The highest BCUT2D eigenvalue weighted by atomic mass is 19.4. The van der Waals surface area contributed by atoms with Gasteiger partial charge in [0.2, 0.25) is 0 Å². The van der Waals surface area contributed by atoms with Crippen molar-refractivity contribution in [3.8, 4) is 0 Å². The van der Waals surface area contributed by atoms with Crippen LogP contribution in [0.3, 0.4) is 0 Å². The van der Waals surface area contributed by atoms with Crippen LogP contribution in [0.25, 0.3) is 5.78 Å². The van der Waals surface area contributed by atoms with Crippen LogP contribution in [0.4, 0.5) is 19.0 Å². The number of aromatic nitrogens is 4. The van der Waals surface area contributed by atoms with Gasteiger partial charge in [-0.15, -0.1) is 11.7 Å². The molecular weight excluding hydrogens is 311 g/mol. The van der Waals surface area contributed by atoms with Crippen molar-refractivity contribution in [1.82, 2.24) is 19.6 Å². The van der Waals surface area contributed by atoms with Gasteiger partial charge in [-0.25, -0.2) is 4.98 Å². The number of fused-ring (bicyclic) bond motifs is 1. The van der Waals surface area contributed by atoms with Crippen molar-refractivity contribution in [3.63, 3.8) is 0 Å². The molecule has 2 aromatic rings. The van der Waals surface area contributed by atoms with E-state index >= 15 is 0 Å². The zero-order chi connectivity index (χ0) is 16.6. The molecule has 1 aliphatic heterocycles. The molecule has 6 nitrogen and oxygen atoms in total. The van der Waals surface area contributed by atoms with Gasteiger partial charge in [0.1, 0.15) is 5.82 Å². The van der Waals surface area contributed by atoms with Crippen molar-refractivity contribution in [2.75, 3.05) is 24.6 Å². The van der Waals surface area contributed by atoms with Gasteiger partial charge in [0.15, 0.2) is 0 Å². The Morgan fingerprint density at radius 3 is 2.91 bits per heavy atom. The molecule has 2 aromatic heterocycles. The van der Waals surface area contributed by atoms with E-state index in [1.165, 1.54) is 0 Å². The number of rotatable bonds is 4. The summed E-state index contributed by atoms with van der Waals surface area (Å²) >= 11 is 0. The molecule has 124 valence electrons. The molecule has 1 fully saturated rings. The number of hydrogen-bond acceptors (Lipinski definition) is 5. The van der Waals surface area contributed by atoms with Crippen molar-refractivity contribution in [3.05, 3.63) is 30.2 Å². The average molecular weight is 327 g/mol. The maximum Gasteiger partial charge on any atom is 0.453 e. The summed E-state index contributed by atoms with van der Waals surface area (Å²) in [5.41, 5.74) is 0.587.